The van der Waals surface area contributed by atoms with Crippen molar-refractivity contribution in [1.29, 1.82) is 0 Å². The van der Waals surface area contributed by atoms with Crippen LogP contribution in [0.1, 0.15) is 37.1 Å². The second kappa shape index (κ2) is 4.08. The fourth-order valence-corrected chi connectivity index (χ4v) is 3.22. The summed E-state index contributed by atoms with van der Waals surface area (Å²) in [6, 6.07) is 5.92. The molecule has 0 unspecified atom stereocenters. The number of carboxylic acid groups (broad SMARTS) is 1. The van der Waals surface area contributed by atoms with Crippen LogP contribution in [0.4, 0.5) is 0 Å². The molecule has 19 heavy (non-hydrogen) atoms. The first-order chi connectivity index (χ1) is 9.04. The van der Waals surface area contributed by atoms with Crippen LogP contribution in [0.15, 0.2) is 18.2 Å². The third-order valence-electron chi connectivity index (χ3n) is 4.52. The summed E-state index contributed by atoms with van der Waals surface area (Å²) in [5, 5.41) is 9.62. The van der Waals surface area contributed by atoms with Gasteiger partial charge in [0.1, 0.15) is 5.82 Å². The topological polar surface area (TPSA) is 55.1 Å². The van der Waals surface area contributed by atoms with Gasteiger partial charge in [-0.1, -0.05) is 18.9 Å². The Labute approximate surface area is 112 Å². The van der Waals surface area contributed by atoms with Crippen molar-refractivity contribution in [3.8, 4) is 0 Å². The molecule has 0 spiro atoms. The number of benzene rings is 1. The predicted octanol–water partition coefficient (Wildman–Crippen LogP) is 2.78. The van der Waals surface area contributed by atoms with Gasteiger partial charge in [-0.15, -0.1) is 0 Å². The lowest BCUT2D eigenvalue weighted by molar-refractivity contribution is -0.143. The van der Waals surface area contributed by atoms with Crippen molar-refractivity contribution < 1.29 is 9.90 Å². The number of carboxylic acids is 1. The van der Waals surface area contributed by atoms with Crippen molar-refractivity contribution >= 4 is 17.0 Å². The Bertz CT molecular complexity index is 651. The molecule has 100 valence electrons. The van der Waals surface area contributed by atoms with Crippen LogP contribution in [0.2, 0.25) is 0 Å². The molecule has 0 bridgehead atoms. The molecule has 3 rings (SSSR count). The van der Waals surface area contributed by atoms with E-state index in [1.807, 2.05) is 36.7 Å². The minimum atomic E-state index is -0.697. The molecular weight excluding hydrogens is 240 g/mol. The normalized spacial score (nSPS) is 18.0. The molecule has 1 saturated carbocycles. The van der Waals surface area contributed by atoms with Crippen LogP contribution in [0, 0.1) is 6.92 Å². The molecule has 0 aliphatic heterocycles. The second-order valence-electron chi connectivity index (χ2n) is 5.52. The molecule has 1 aliphatic carbocycles. The second-order valence-corrected chi connectivity index (χ2v) is 5.52. The van der Waals surface area contributed by atoms with Crippen LogP contribution < -0.4 is 0 Å². The first-order valence-corrected chi connectivity index (χ1v) is 6.71. The van der Waals surface area contributed by atoms with Crippen molar-refractivity contribution in [2.45, 2.75) is 38.0 Å². The Balaban J connectivity index is 2.17. The van der Waals surface area contributed by atoms with E-state index in [1.54, 1.807) is 0 Å². The fraction of sp³-hybridized carbons (Fsp3) is 0.467. The summed E-state index contributed by atoms with van der Waals surface area (Å²) in [7, 11) is 1.98. The number of aryl methyl sites for hydroxylation is 2. The third-order valence-corrected chi connectivity index (χ3v) is 4.52. The molecule has 4 heteroatoms. The number of hydrogen-bond donors (Lipinski definition) is 1. The van der Waals surface area contributed by atoms with Crippen molar-refractivity contribution in [3.63, 3.8) is 0 Å². The van der Waals surface area contributed by atoms with E-state index >= 15 is 0 Å². The molecule has 0 atom stereocenters. The standard InChI is InChI=1S/C15H18N2O2/c1-10-16-12-9-11(5-6-13(12)17(10)2)15(14(18)19)7-3-4-8-15/h5-6,9H,3-4,7-8H2,1-2H3,(H,18,19). The molecule has 0 saturated heterocycles. The summed E-state index contributed by atoms with van der Waals surface area (Å²) in [5.41, 5.74) is 2.16. The first-order valence-electron chi connectivity index (χ1n) is 6.71. The number of aliphatic carboxylic acids is 1. The summed E-state index contributed by atoms with van der Waals surface area (Å²) in [6.45, 7) is 1.96. The Kier molecular flexibility index (Phi) is 2.62. The SMILES string of the molecule is Cc1nc2cc(C3(C(=O)O)CCCC3)ccc2n1C. The molecule has 1 N–H and O–H groups in total. The monoisotopic (exact) mass is 258 g/mol. The molecule has 1 aliphatic rings. The summed E-state index contributed by atoms with van der Waals surface area (Å²) < 4.78 is 2.03. The number of aromatic nitrogens is 2. The van der Waals surface area contributed by atoms with E-state index in [0.29, 0.717) is 0 Å². The summed E-state index contributed by atoms with van der Waals surface area (Å²) in [4.78, 5) is 16.2. The van der Waals surface area contributed by atoms with E-state index in [-0.39, 0.29) is 0 Å². The molecule has 1 fully saturated rings. The third kappa shape index (κ3) is 1.66. The quantitative estimate of drug-likeness (QED) is 0.901. The van der Waals surface area contributed by atoms with Crippen LogP contribution >= 0.6 is 0 Å². The van der Waals surface area contributed by atoms with Gasteiger partial charge < -0.3 is 9.67 Å². The Hall–Kier alpha value is -1.84. The van der Waals surface area contributed by atoms with E-state index < -0.39 is 11.4 Å². The number of nitrogens with zero attached hydrogens (tertiary/aromatic N) is 2. The maximum absolute atomic E-state index is 11.7. The van der Waals surface area contributed by atoms with E-state index in [0.717, 1.165) is 48.1 Å². The van der Waals surface area contributed by atoms with Crippen LogP contribution in [0.5, 0.6) is 0 Å². The minimum absolute atomic E-state index is 0.695. The average molecular weight is 258 g/mol. The summed E-state index contributed by atoms with van der Waals surface area (Å²) in [6.07, 6.45) is 3.45. The predicted molar refractivity (Wildman–Crippen MR) is 73.2 cm³/mol. The van der Waals surface area contributed by atoms with Gasteiger partial charge in [0.25, 0.3) is 0 Å². The van der Waals surface area contributed by atoms with Gasteiger partial charge in [0.2, 0.25) is 0 Å². The highest BCUT2D eigenvalue weighted by Gasteiger charge is 2.43. The van der Waals surface area contributed by atoms with Gasteiger partial charge in [0, 0.05) is 7.05 Å². The fourth-order valence-electron chi connectivity index (χ4n) is 3.22. The minimum Gasteiger partial charge on any atom is -0.481 e. The lowest BCUT2D eigenvalue weighted by atomic mass is 9.79. The smallest absolute Gasteiger partial charge is 0.314 e. The molecule has 4 nitrogen and oxygen atoms in total. The number of imidazole rings is 1. The van der Waals surface area contributed by atoms with Gasteiger partial charge in [-0.05, 0) is 37.5 Å². The lowest BCUT2D eigenvalue weighted by Gasteiger charge is -2.24. The molecule has 1 aromatic heterocycles. The van der Waals surface area contributed by atoms with Gasteiger partial charge in [-0.2, -0.15) is 0 Å². The van der Waals surface area contributed by atoms with E-state index in [4.69, 9.17) is 0 Å². The zero-order chi connectivity index (χ0) is 13.6. The first kappa shape index (κ1) is 12.2. The van der Waals surface area contributed by atoms with Gasteiger partial charge in [-0.3, -0.25) is 4.79 Å². The highest BCUT2D eigenvalue weighted by molar-refractivity contribution is 5.85. The van der Waals surface area contributed by atoms with Gasteiger partial charge in [0.15, 0.2) is 0 Å². The summed E-state index contributed by atoms with van der Waals surface area (Å²) >= 11 is 0. The summed E-state index contributed by atoms with van der Waals surface area (Å²) in [5.74, 6) is 0.250. The number of fused-ring (bicyclic) bond motifs is 1. The van der Waals surface area contributed by atoms with E-state index in [1.165, 1.54) is 0 Å². The van der Waals surface area contributed by atoms with Gasteiger partial charge in [0.05, 0.1) is 16.4 Å². The Morgan fingerprint density at radius 1 is 1.37 bits per heavy atom. The molecular formula is C15H18N2O2. The van der Waals surface area contributed by atoms with Crippen LogP contribution in [-0.4, -0.2) is 20.6 Å². The maximum atomic E-state index is 11.7. The lowest BCUT2D eigenvalue weighted by Crippen LogP contribution is -2.32. The molecule has 1 aromatic carbocycles. The van der Waals surface area contributed by atoms with E-state index in [9.17, 15) is 9.90 Å². The zero-order valence-electron chi connectivity index (χ0n) is 11.3. The average Bonchev–Trinajstić information content (AvgIpc) is 2.97. The maximum Gasteiger partial charge on any atom is 0.314 e. The Morgan fingerprint density at radius 2 is 2.05 bits per heavy atom. The van der Waals surface area contributed by atoms with Crippen molar-refractivity contribution in [1.82, 2.24) is 9.55 Å². The highest BCUT2D eigenvalue weighted by atomic mass is 16.4. The molecule has 0 amide bonds. The van der Waals surface area contributed by atoms with Crippen LogP contribution in [0.3, 0.4) is 0 Å². The van der Waals surface area contributed by atoms with Crippen molar-refractivity contribution in [3.05, 3.63) is 29.6 Å². The Morgan fingerprint density at radius 3 is 2.68 bits per heavy atom. The zero-order valence-corrected chi connectivity index (χ0v) is 11.3. The van der Waals surface area contributed by atoms with Crippen molar-refractivity contribution in [2.75, 3.05) is 0 Å². The largest absolute Gasteiger partial charge is 0.481 e. The van der Waals surface area contributed by atoms with Gasteiger partial charge in [-0.25, -0.2) is 4.98 Å². The number of carbonyl (C=O) groups is 1. The van der Waals surface area contributed by atoms with E-state index in [2.05, 4.69) is 4.98 Å². The van der Waals surface area contributed by atoms with Crippen LogP contribution in [-0.2, 0) is 17.3 Å². The molecule has 1 heterocycles. The van der Waals surface area contributed by atoms with Crippen LogP contribution in [0.25, 0.3) is 11.0 Å². The van der Waals surface area contributed by atoms with Gasteiger partial charge >= 0.3 is 5.97 Å². The van der Waals surface area contributed by atoms with Crippen molar-refractivity contribution in [2.24, 2.45) is 7.05 Å². The number of rotatable bonds is 2. The number of hydrogen-bond acceptors (Lipinski definition) is 2. The highest BCUT2D eigenvalue weighted by Crippen LogP contribution is 2.42. The molecule has 0 radical (unpaired) electrons. The molecule has 2 aromatic rings.